The Morgan fingerprint density at radius 3 is 2.32 bits per heavy atom. The zero-order chi connectivity index (χ0) is 16.2. The monoisotopic (exact) mass is 310 g/mol. The highest BCUT2D eigenvalue weighted by molar-refractivity contribution is 5.94. The molecule has 0 unspecified atom stereocenters. The minimum Gasteiger partial charge on any atom is -0.267 e. The molecule has 2 aromatic carbocycles. The number of nitrogens with one attached hydrogen (secondary N) is 1. The molecule has 1 N–H and O–H groups in total. The van der Waals surface area contributed by atoms with Crippen LogP contribution in [0.25, 0.3) is 0 Å². The first-order valence-electron chi connectivity index (χ1n) is 6.13. The lowest BCUT2D eigenvalue weighted by atomic mass is 10.1. The number of halogens is 4. The number of rotatable bonds is 3. The molecule has 3 nitrogen and oxygen atoms in total. The number of hydrazone groups is 1. The number of hydrogen-bond acceptors (Lipinski definition) is 2. The number of alkyl halides is 3. The molecule has 0 saturated carbocycles. The maximum absolute atomic E-state index is 12.8. The summed E-state index contributed by atoms with van der Waals surface area (Å²) in [7, 11) is 0. The van der Waals surface area contributed by atoms with Crippen molar-refractivity contribution < 1.29 is 22.4 Å². The number of carbonyl (C=O) groups is 1. The van der Waals surface area contributed by atoms with Crippen molar-refractivity contribution in [3.63, 3.8) is 0 Å². The molecule has 22 heavy (non-hydrogen) atoms. The molecule has 0 aliphatic carbocycles. The molecule has 114 valence electrons. The van der Waals surface area contributed by atoms with Crippen LogP contribution < -0.4 is 5.43 Å². The number of benzene rings is 2. The second kappa shape index (κ2) is 6.38. The summed E-state index contributed by atoms with van der Waals surface area (Å²) in [5, 5.41) is 3.50. The lowest BCUT2D eigenvalue weighted by Crippen LogP contribution is -2.18. The molecule has 2 rings (SSSR count). The van der Waals surface area contributed by atoms with Crippen LogP contribution in [0.2, 0.25) is 0 Å². The average Bonchev–Trinajstić information content (AvgIpc) is 2.47. The van der Waals surface area contributed by atoms with E-state index in [1.165, 1.54) is 30.3 Å². The zero-order valence-corrected chi connectivity index (χ0v) is 11.1. The molecule has 0 spiro atoms. The fraction of sp³-hybridized carbons (Fsp3) is 0.0667. The molecule has 2 aromatic rings. The van der Waals surface area contributed by atoms with Gasteiger partial charge in [-0.05, 0) is 30.3 Å². The summed E-state index contributed by atoms with van der Waals surface area (Å²) in [6.07, 6.45) is -3.60. The van der Waals surface area contributed by atoms with Crippen LogP contribution in [0.1, 0.15) is 21.5 Å². The Kier molecular flexibility index (Phi) is 4.55. The number of carbonyl (C=O) groups excluding carboxylic acids is 1. The summed E-state index contributed by atoms with van der Waals surface area (Å²) in [5.74, 6) is -1.15. The fourth-order valence-corrected chi connectivity index (χ4v) is 1.69. The minimum atomic E-state index is -4.51. The van der Waals surface area contributed by atoms with Crippen molar-refractivity contribution >= 4 is 12.1 Å². The molecule has 7 heteroatoms. The van der Waals surface area contributed by atoms with Gasteiger partial charge in [0.2, 0.25) is 0 Å². The molecular weight excluding hydrogens is 300 g/mol. The zero-order valence-electron chi connectivity index (χ0n) is 11.1. The Morgan fingerprint density at radius 1 is 1.05 bits per heavy atom. The lowest BCUT2D eigenvalue weighted by molar-refractivity contribution is -0.137. The highest BCUT2D eigenvalue weighted by Gasteiger charge is 2.32. The van der Waals surface area contributed by atoms with Crippen LogP contribution in [0.5, 0.6) is 0 Å². The Hall–Kier alpha value is -2.70. The van der Waals surface area contributed by atoms with E-state index in [2.05, 4.69) is 10.5 Å². The minimum absolute atomic E-state index is 0.141. The van der Waals surface area contributed by atoms with Crippen molar-refractivity contribution in [3.05, 3.63) is 71.0 Å². The highest BCUT2D eigenvalue weighted by Crippen LogP contribution is 2.30. The van der Waals surface area contributed by atoms with E-state index in [1.54, 1.807) is 0 Å². The third-order valence-electron chi connectivity index (χ3n) is 2.74. The summed E-state index contributed by atoms with van der Waals surface area (Å²) in [4.78, 5) is 11.7. The van der Waals surface area contributed by atoms with Gasteiger partial charge in [0.15, 0.2) is 0 Å². The third-order valence-corrected chi connectivity index (χ3v) is 2.74. The summed E-state index contributed by atoms with van der Waals surface area (Å²) in [6, 6.07) is 9.51. The van der Waals surface area contributed by atoms with Gasteiger partial charge in [-0.15, -0.1) is 0 Å². The standard InChI is InChI=1S/C15H10F4N2O/c16-12-7-5-10(6-8-12)14(22)21-20-9-11-3-1-2-4-13(11)15(17,18)19/h1-9H,(H,21,22)/b20-9+. The predicted octanol–water partition coefficient (Wildman–Crippen LogP) is 3.61. The molecule has 0 heterocycles. The first-order chi connectivity index (χ1) is 10.4. The second-order valence-corrected chi connectivity index (χ2v) is 4.29. The number of hydrogen-bond donors (Lipinski definition) is 1. The van der Waals surface area contributed by atoms with Crippen LogP contribution in [0.15, 0.2) is 53.6 Å². The molecule has 0 aliphatic rings. The number of amides is 1. The van der Waals surface area contributed by atoms with Gasteiger partial charge in [0, 0.05) is 11.1 Å². The number of nitrogens with zero attached hydrogens (tertiary/aromatic N) is 1. The summed E-state index contributed by atoms with van der Waals surface area (Å²) >= 11 is 0. The average molecular weight is 310 g/mol. The van der Waals surface area contributed by atoms with Crippen LogP contribution in [0, 0.1) is 5.82 Å². The second-order valence-electron chi connectivity index (χ2n) is 4.29. The largest absolute Gasteiger partial charge is 0.417 e. The van der Waals surface area contributed by atoms with Crippen molar-refractivity contribution in [2.45, 2.75) is 6.18 Å². The van der Waals surface area contributed by atoms with Gasteiger partial charge in [0.25, 0.3) is 5.91 Å². The molecule has 0 bridgehead atoms. The predicted molar refractivity (Wildman–Crippen MR) is 72.9 cm³/mol. The van der Waals surface area contributed by atoms with Gasteiger partial charge in [-0.25, -0.2) is 9.82 Å². The van der Waals surface area contributed by atoms with E-state index in [0.29, 0.717) is 0 Å². The molecule has 0 aliphatic heterocycles. The quantitative estimate of drug-likeness (QED) is 0.525. The van der Waals surface area contributed by atoms with Crippen molar-refractivity contribution in [1.29, 1.82) is 0 Å². The van der Waals surface area contributed by atoms with E-state index in [-0.39, 0.29) is 11.1 Å². The van der Waals surface area contributed by atoms with E-state index in [1.807, 2.05) is 0 Å². The molecule has 0 saturated heterocycles. The first kappa shape index (κ1) is 15.7. The van der Waals surface area contributed by atoms with E-state index in [9.17, 15) is 22.4 Å². The van der Waals surface area contributed by atoms with E-state index in [4.69, 9.17) is 0 Å². The summed E-state index contributed by atoms with van der Waals surface area (Å²) in [5.41, 5.74) is 1.20. The van der Waals surface area contributed by atoms with Crippen molar-refractivity contribution in [2.75, 3.05) is 0 Å². The highest BCUT2D eigenvalue weighted by atomic mass is 19.4. The van der Waals surface area contributed by atoms with Crippen LogP contribution >= 0.6 is 0 Å². The van der Waals surface area contributed by atoms with E-state index >= 15 is 0 Å². The van der Waals surface area contributed by atoms with Gasteiger partial charge < -0.3 is 0 Å². The van der Waals surface area contributed by atoms with Gasteiger partial charge in [0.05, 0.1) is 11.8 Å². The third kappa shape index (κ3) is 3.91. The molecular formula is C15H10F4N2O. The lowest BCUT2D eigenvalue weighted by Gasteiger charge is -2.09. The van der Waals surface area contributed by atoms with Crippen LogP contribution in [-0.2, 0) is 6.18 Å². The Bertz CT molecular complexity index is 693. The van der Waals surface area contributed by atoms with Crippen molar-refractivity contribution in [2.24, 2.45) is 5.10 Å². The van der Waals surface area contributed by atoms with E-state index < -0.39 is 23.5 Å². The van der Waals surface area contributed by atoms with Crippen LogP contribution in [0.4, 0.5) is 17.6 Å². The van der Waals surface area contributed by atoms with Gasteiger partial charge in [-0.3, -0.25) is 4.79 Å². The summed E-state index contributed by atoms with van der Waals surface area (Å²) < 4.78 is 51.0. The fourth-order valence-electron chi connectivity index (χ4n) is 1.69. The van der Waals surface area contributed by atoms with Gasteiger partial charge in [0.1, 0.15) is 5.82 Å². The van der Waals surface area contributed by atoms with Gasteiger partial charge in [-0.2, -0.15) is 18.3 Å². The van der Waals surface area contributed by atoms with Gasteiger partial charge >= 0.3 is 6.18 Å². The SMILES string of the molecule is O=C(N/N=C/c1ccccc1C(F)(F)F)c1ccc(F)cc1. The van der Waals surface area contributed by atoms with Crippen molar-refractivity contribution in [3.8, 4) is 0 Å². The maximum atomic E-state index is 12.8. The molecule has 0 fully saturated rings. The Labute approximate surface area is 123 Å². The van der Waals surface area contributed by atoms with E-state index in [0.717, 1.165) is 24.4 Å². The first-order valence-corrected chi connectivity index (χ1v) is 6.13. The molecule has 0 aromatic heterocycles. The maximum Gasteiger partial charge on any atom is 0.417 e. The topological polar surface area (TPSA) is 41.5 Å². The van der Waals surface area contributed by atoms with Crippen LogP contribution in [-0.4, -0.2) is 12.1 Å². The summed E-state index contributed by atoms with van der Waals surface area (Å²) in [6.45, 7) is 0. The van der Waals surface area contributed by atoms with Crippen molar-refractivity contribution in [1.82, 2.24) is 5.43 Å². The van der Waals surface area contributed by atoms with Gasteiger partial charge in [-0.1, -0.05) is 18.2 Å². The van der Waals surface area contributed by atoms with Crippen LogP contribution in [0.3, 0.4) is 0 Å². The normalized spacial score (nSPS) is 11.6. The Balaban J connectivity index is 2.10. The molecule has 0 radical (unpaired) electrons. The smallest absolute Gasteiger partial charge is 0.267 e. The molecule has 0 atom stereocenters. The molecule has 1 amide bonds. The Morgan fingerprint density at radius 2 is 1.68 bits per heavy atom.